The Labute approximate surface area is 170 Å². The van der Waals surface area contributed by atoms with Gasteiger partial charge in [0, 0.05) is 33.5 Å². The molecule has 154 valence electrons. The molecular weight excluding hydrogens is 383 g/mol. The lowest BCUT2D eigenvalue weighted by Gasteiger charge is -2.19. The standard InChI is InChI=1S/C22H28F3NOS/c1-7-15(10-20(14(5)6)28-17(8-2)9-13(3)4)22(27)26-16-11-18(23)21(25)19(24)12-16/h7,10-13,17H,5,8-9H2,1-4,6H3,(H,26,27)/b15-7?,20-10+. The average molecular weight is 412 g/mol. The summed E-state index contributed by atoms with van der Waals surface area (Å²) in [6.45, 7) is 14.0. The third-order valence-electron chi connectivity index (χ3n) is 4.01. The zero-order valence-electron chi connectivity index (χ0n) is 17.0. The Kier molecular flexibility index (Phi) is 9.59. The number of carbonyl (C=O) groups is 1. The van der Waals surface area contributed by atoms with E-state index in [0.717, 1.165) is 35.5 Å². The Balaban J connectivity index is 3.05. The topological polar surface area (TPSA) is 29.1 Å². The minimum Gasteiger partial charge on any atom is -0.322 e. The van der Waals surface area contributed by atoms with Gasteiger partial charge >= 0.3 is 0 Å². The third-order valence-corrected chi connectivity index (χ3v) is 5.58. The molecular formula is C22H28F3NOS. The van der Waals surface area contributed by atoms with Crippen LogP contribution in [-0.2, 0) is 4.79 Å². The molecule has 1 unspecified atom stereocenters. The van der Waals surface area contributed by atoms with Crippen LogP contribution in [0.1, 0.15) is 47.5 Å². The molecule has 0 bridgehead atoms. The molecule has 28 heavy (non-hydrogen) atoms. The number of rotatable bonds is 9. The summed E-state index contributed by atoms with van der Waals surface area (Å²) in [6.07, 6.45) is 5.36. The molecule has 0 radical (unpaired) electrons. The molecule has 0 heterocycles. The minimum atomic E-state index is -1.57. The third kappa shape index (κ3) is 7.23. The first-order valence-corrected chi connectivity index (χ1v) is 10.1. The summed E-state index contributed by atoms with van der Waals surface area (Å²) in [7, 11) is 0. The fourth-order valence-corrected chi connectivity index (χ4v) is 3.92. The summed E-state index contributed by atoms with van der Waals surface area (Å²) in [6, 6.07) is 1.49. The van der Waals surface area contributed by atoms with E-state index in [1.807, 2.05) is 6.92 Å². The van der Waals surface area contributed by atoms with Gasteiger partial charge in [-0.3, -0.25) is 4.79 Å². The van der Waals surface area contributed by atoms with Gasteiger partial charge in [-0.15, -0.1) is 11.8 Å². The second-order valence-corrected chi connectivity index (χ2v) is 8.36. The largest absolute Gasteiger partial charge is 0.322 e. The molecule has 0 aromatic heterocycles. The van der Waals surface area contributed by atoms with Crippen LogP contribution in [0.25, 0.3) is 0 Å². The van der Waals surface area contributed by atoms with Crippen LogP contribution in [0.2, 0.25) is 0 Å². The SMILES string of the molecule is C=C(C)/C(=C\C(=CC)C(=O)Nc1cc(F)c(F)c(F)c1)SC(CC)CC(C)C. The first-order valence-electron chi connectivity index (χ1n) is 9.25. The van der Waals surface area contributed by atoms with E-state index >= 15 is 0 Å². The van der Waals surface area contributed by atoms with Crippen LogP contribution in [0.15, 0.2) is 46.9 Å². The van der Waals surface area contributed by atoms with E-state index in [4.69, 9.17) is 0 Å². The summed E-state index contributed by atoms with van der Waals surface area (Å²) in [5.41, 5.74) is 1.01. The zero-order valence-corrected chi connectivity index (χ0v) is 17.9. The van der Waals surface area contributed by atoms with Crippen molar-refractivity contribution in [3.05, 3.63) is 64.4 Å². The molecule has 1 aromatic rings. The van der Waals surface area contributed by atoms with Gasteiger partial charge in [0.2, 0.25) is 0 Å². The van der Waals surface area contributed by atoms with E-state index in [-0.39, 0.29) is 5.69 Å². The van der Waals surface area contributed by atoms with Crippen molar-refractivity contribution in [1.82, 2.24) is 0 Å². The first kappa shape index (κ1) is 24.1. The maximum absolute atomic E-state index is 13.4. The molecule has 1 atom stereocenters. The van der Waals surface area contributed by atoms with Crippen LogP contribution in [0, 0.1) is 23.4 Å². The van der Waals surface area contributed by atoms with Crippen molar-refractivity contribution in [3.63, 3.8) is 0 Å². The highest BCUT2D eigenvalue weighted by Gasteiger charge is 2.16. The van der Waals surface area contributed by atoms with E-state index in [2.05, 4.69) is 32.7 Å². The lowest BCUT2D eigenvalue weighted by atomic mass is 10.1. The number of thioether (sulfide) groups is 1. The molecule has 1 aromatic carbocycles. The second-order valence-electron chi connectivity index (χ2n) is 7.02. The van der Waals surface area contributed by atoms with Crippen molar-refractivity contribution in [1.29, 1.82) is 0 Å². The fourth-order valence-electron chi connectivity index (χ4n) is 2.51. The van der Waals surface area contributed by atoms with Crippen LogP contribution in [0.5, 0.6) is 0 Å². The molecule has 6 heteroatoms. The normalized spacial score (nSPS) is 13.6. The predicted octanol–water partition coefficient (Wildman–Crippen LogP) is 7.01. The van der Waals surface area contributed by atoms with Crippen LogP contribution < -0.4 is 5.32 Å². The van der Waals surface area contributed by atoms with Crippen molar-refractivity contribution in [2.45, 2.75) is 52.7 Å². The molecule has 2 nitrogen and oxygen atoms in total. The molecule has 1 rings (SSSR count). The maximum Gasteiger partial charge on any atom is 0.255 e. The van der Waals surface area contributed by atoms with Crippen molar-refractivity contribution in [2.75, 3.05) is 5.32 Å². The van der Waals surface area contributed by atoms with E-state index in [1.54, 1.807) is 30.8 Å². The number of nitrogens with one attached hydrogen (secondary N) is 1. The van der Waals surface area contributed by atoms with Gasteiger partial charge in [0.15, 0.2) is 17.5 Å². The van der Waals surface area contributed by atoms with Crippen molar-refractivity contribution in [3.8, 4) is 0 Å². The molecule has 0 saturated heterocycles. The lowest BCUT2D eigenvalue weighted by Crippen LogP contribution is -2.14. The summed E-state index contributed by atoms with van der Waals surface area (Å²) in [4.78, 5) is 13.4. The number of anilines is 1. The molecule has 1 amide bonds. The van der Waals surface area contributed by atoms with E-state index in [0.29, 0.717) is 16.7 Å². The van der Waals surface area contributed by atoms with E-state index in [9.17, 15) is 18.0 Å². The molecule has 0 aliphatic carbocycles. The number of amides is 1. The molecule has 1 N–H and O–H groups in total. The predicted molar refractivity (Wildman–Crippen MR) is 113 cm³/mol. The highest BCUT2D eigenvalue weighted by molar-refractivity contribution is 8.03. The van der Waals surface area contributed by atoms with Crippen LogP contribution in [0.3, 0.4) is 0 Å². The van der Waals surface area contributed by atoms with Crippen molar-refractivity contribution < 1.29 is 18.0 Å². The van der Waals surface area contributed by atoms with Gasteiger partial charge in [0.1, 0.15) is 0 Å². The van der Waals surface area contributed by atoms with E-state index < -0.39 is 23.4 Å². The zero-order chi connectivity index (χ0) is 21.4. The summed E-state index contributed by atoms with van der Waals surface area (Å²) in [5.74, 6) is -4.27. The highest BCUT2D eigenvalue weighted by atomic mass is 32.2. The lowest BCUT2D eigenvalue weighted by molar-refractivity contribution is -0.112. The quantitative estimate of drug-likeness (QED) is 0.269. The number of benzene rings is 1. The van der Waals surface area contributed by atoms with Gasteiger partial charge in [-0.1, -0.05) is 33.4 Å². The minimum absolute atomic E-state index is 0.148. The van der Waals surface area contributed by atoms with Crippen LogP contribution in [-0.4, -0.2) is 11.2 Å². The average Bonchev–Trinajstić information content (AvgIpc) is 2.61. The number of halogens is 3. The summed E-state index contributed by atoms with van der Waals surface area (Å²) in [5, 5.41) is 2.80. The Hall–Kier alpha value is -1.95. The second kappa shape index (κ2) is 11.1. The maximum atomic E-state index is 13.4. The van der Waals surface area contributed by atoms with Crippen molar-refractivity contribution >= 4 is 23.4 Å². The number of carbonyl (C=O) groups excluding carboxylic acids is 1. The monoisotopic (exact) mass is 411 g/mol. The summed E-state index contributed by atoms with van der Waals surface area (Å²) >= 11 is 1.67. The smallest absolute Gasteiger partial charge is 0.255 e. The van der Waals surface area contributed by atoms with Gasteiger partial charge in [-0.2, -0.15) is 0 Å². The van der Waals surface area contributed by atoms with Crippen LogP contribution in [0.4, 0.5) is 18.9 Å². The van der Waals surface area contributed by atoms with Gasteiger partial charge in [-0.25, -0.2) is 13.2 Å². The Morgan fingerprint density at radius 3 is 2.25 bits per heavy atom. The summed E-state index contributed by atoms with van der Waals surface area (Å²) < 4.78 is 39.8. The van der Waals surface area contributed by atoms with Crippen molar-refractivity contribution in [2.24, 2.45) is 5.92 Å². The van der Waals surface area contributed by atoms with Crippen LogP contribution >= 0.6 is 11.8 Å². The fraction of sp³-hybridized carbons (Fsp3) is 0.409. The molecule has 0 saturated carbocycles. The number of hydrogen-bond acceptors (Lipinski definition) is 2. The molecule has 0 spiro atoms. The Morgan fingerprint density at radius 2 is 1.82 bits per heavy atom. The van der Waals surface area contributed by atoms with Gasteiger partial charge < -0.3 is 5.32 Å². The number of allylic oxidation sites excluding steroid dienone is 2. The number of hydrogen-bond donors (Lipinski definition) is 1. The molecule has 0 fully saturated rings. The molecule has 0 aliphatic rings. The van der Waals surface area contributed by atoms with E-state index in [1.165, 1.54) is 0 Å². The first-order chi connectivity index (χ1) is 13.1. The highest BCUT2D eigenvalue weighted by Crippen LogP contribution is 2.33. The van der Waals surface area contributed by atoms with Gasteiger partial charge in [-0.05, 0) is 44.3 Å². The Morgan fingerprint density at radius 1 is 1.25 bits per heavy atom. The van der Waals surface area contributed by atoms with Gasteiger partial charge in [0.05, 0.1) is 0 Å². The molecule has 0 aliphatic heterocycles. The Bertz CT molecular complexity index is 761. The van der Waals surface area contributed by atoms with Gasteiger partial charge in [0.25, 0.3) is 5.91 Å².